The van der Waals surface area contributed by atoms with Gasteiger partial charge in [-0.1, -0.05) is 53.5 Å². The Kier molecular flexibility index (Phi) is 5.64. The highest BCUT2D eigenvalue weighted by Crippen LogP contribution is 2.23. The molecule has 2 aromatic rings. The first kappa shape index (κ1) is 17.0. The summed E-state index contributed by atoms with van der Waals surface area (Å²) in [6.45, 7) is 1.74. The molecule has 0 saturated carbocycles. The van der Waals surface area contributed by atoms with Gasteiger partial charge in [-0.3, -0.25) is 0 Å². The molecule has 0 amide bonds. The van der Waals surface area contributed by atoms with E-state index in [2.05, 4.69) is 4.72 Å². The zero-order valence-corrected chi connectivity index (χ0v) is 14.2. The van der Waals surface area contributed by atoms with E-state index in [0.29, 0.717) is 10.0 Å². The Balaban J connectivity index is 2.11. The van der Waals surface area contributed by atoms with Crippen molar-refractivity contribution in [1.29, 1.82) is 0 Å². The molecule has 0 aromatic heterocycles. The Morgan fingerprint density at radius 2 is 1.68 bits per heavy atom. The lowest BCUT2D eigenvalue weighted by molar-refractivity contribution is 0.576. The van der Waals surface area contributed by atoms with Gasteiger partial charge in [0.25, 0.3) is 0 Å². The molecule has 0 radical (unpaired) electrons. The third-order valence-electron chi connectivity index (χ3n) is 3.02. The van der Waals surface area contributed by atoms with E-state index < -0.39 is 16.1 Å². The predicted molar refractivity (Wildman–Crippen MR) is 92.4 cm³/mol. The van der Waals surface area contributed by atoms with Gasteiger partial charge < -0.3 is 0 Å². The van der Waals surface area contributed by atoms with E-state index in [-0.39, 0.29) is 0 Å². The van der Waals surface area contributed by atoms with Gasteiger partial charge in [0, 0.05) is 21.5 Å². The van der Waals surface area contributed by atoms with Crippen molar-refractivity contribution in [2.75, 3.05) is 0 Å². The third kappa shape index (κ3) is 4.85. The van der Waals surface area contributed by atoms with Crippen molar-refractivity contribution in [3.63, 3.8) is 0 Å². The highest BCUT2D eigenvalue weighted by atomic mass is 35.5. The summed E-state index contributed by atoms with van der Waals surface area (Å²) in [7, 11) is -3.58. The van der Waals surface area contributed by atoms with Gasteiger partial charge in [0.2, 0.25) is 10.0 Å². The maximum Gasteiger partial charge on any atom is 0.234 e. The Hall–Kier alpha value is -1.33. The fraction of sp³-hybridized carbons (Fsp3) is 0.125. The molecule has 0 heterocycles. The van der Waals surface area contributed by atoms with Crippen LogP contribution in [0.2, 0.25) is 10.0 Å². The molecule has 0 saturated heterocycles. The van der Waals surface area contributed by atoms with Crippen molar-refractivity contribution >= 4 is 39.3 Å². The average molecular weight is 356 g/mol. The number of hydrogen-bond acceptors (Lipinski definition) is 2. The van der Waals surface area contributed by atoms with Gasteiger partial charge in [-0.15, -0.1) is 0 Å². The van der Waals surface area contributed by atoms with Gasteiger partial charge in [0.1, 0.15) is 0 Å². The SMILES string of the molecule is C[C@@H](NS(=O)(=O)/C=C/c1ccc(Cl)cc1)c1ccccc1Cl. The van der Waals surface area contributed by atoms with Gasteiger partial charge in [-0.25, -0.2) is 13.1 Å². The van der Waals surface area contributed by atoms with Crippen molar-refractivity contribution in [2.24, 2.45) is 0 Å². The molecule has 0 aliphatic heterocycles. The lowest BCUT2D eigenvalue weighted by atomic mass is 10.1. The molecule has 0 aliphatic rings. The molecule has 2 aromatic carbocycles. The van der Waals surface area contributed by atoms with Crippen molar-refractivity contribution in [2.45, 2.75) is 13.0 Å². The van der Waals surface area contributed by atoms with Gasteiger partial charge in [0.15, 0.2) is 0 Å². The Morgan fingerprint density at radius 3 is 2.32 bits per heavy atom. The van der Waals surface area contributed by atoms with Crippen LogP contribution in [0.25, 0.3) is 6.08 Å². The fourth-order valence-corrected chi connectivity index (χ4v) is 3.38. The first-order valence-corrected chi connectivity index (χ1v) is 8.88. The summed E-state index contributed by atoms with van der Waals surface area (Å²) in [6.07, 6.45) is 1.51. The molecule has 0 aliphatic carbocycles. The summed E-state index contributed by atoms with van der Waals surface area (Å²) in [5.41, 5.74) is 1.48. The van der Waals surface area contributed by atoms with Crippen LogP contribution < -0.4 is 4.72 Å². The molecule has 1 atom stereocenters. The lowest BCUT2D eigenvalue weighted by Crippen LogP contribution is -2.24. The van der Waals surface area contributed by atoms with Crippen LogP contribution in [0, 0.1) is 0 Å². The number of hydrogen-bond donors (Lipinski definition) is 1. The topological polar surface area (TPSA) is 46.2 Å². The van der Waals surface area contributed by atoms with Crippen molar-refractivity contribution < 1.29 is 8.42 Å². The van der Waals surface area contributed by atoms with Gasteiger partial charge in [0.05, 0.1) is 0 Å². The maximum atomic E-state index is 12.1. The number of benzene rings is 2. The maximum absolute atomic E-state index is 12.1. The Morgan fingerprint density at radius 1 is 1.05 bits per heavy atom. The van der Waals surface area contributed by atoms with E-state index >= 15 is 0 Å². The first-order chi connectivity index (χ1) is 10.4. The Labute approximate surface area is 140 Å². The van der Waals surface area contributed by atoms with Crippen molar-refractivity contribution in [1.82, 2.24) is 4.72 Å². The second-order valence-electron chi connectivity index (χ2n) is 4.76. The molecule has 116 valence electrons. The zero-order valence-electron chi connectivity index (χ0n) is 11.8. The number of nitrogens with one attached hydrogen (secondary N) is 1. The van der Waals surface area contributed by atoms with E-state index in [4.69, 9.17) is 23.2 Å². The highest BCUT2D eigenvalue weighted by molar-refractivity contribution is 7.92. The quantitative estimate of drug-likeness (QED) is 0.848. The Bertz CT molecular complexity index is 771. The molecule has 2 rings (SSSR count). The van der Waals surface area contributed by atoms with Crippen LogP contribution in [-0.4, -0.2) is 8.42 Å². The smallest absolute Gasteiger partial charge is 0.208 e. The van der Waals surface area contributed by atoms with Gasteiger partial charge >= 0.3 is 0 Å². The monoisotopic (exact) mass is 355 g/mol. The molecule has 0 unspecified atom stereocenters. The second kappa shape index (κ2) is 7.29. The zero-order chi connectivity index (χ0) is 16.2. The molecular weight excluding hydrogens is 341 g/mol. The molecule has 3 nitrogen and oxygen atoms in total. The van der Waals surface area contributed by atoms with Crippen molar-refractivity contribution in [3.05, 3.63) is 75.1 Å². The molecule has 0 bridgehead atoms. The number of halogens is 2. The standard InChI is InChI=1S/C16H15Cl2NO2S/c1-12(15-4-2-3-5-16(15)18)19-22(20,21)11-10-13-6-8-14(17)9-7-13/h2-12,19H,1H3/b11-10+/t12-/m1/s1. The summed E-state index contributed by atoms with van der Waals surface area (Å²) < 4.78 is 26.8. The van der Waals surface area contributed by atoms with E-state index in [9.17, 15) is 8.42 Å². The van der Waals surface area contributed by atoms with Crippen LogP contribution in [0.5, 0.6) is 0 Å². The van der Waals surface area contributed by atoms with Crippen molar-refractivity contribution in [3.8, 4) is 0 Å². The second-order valence-corrected chi connectivity index (χ2v) is 7.20. The third-order valence-corrected chi connectivity index (χ3v) is 4.80. The average Bonchev–Trinajstić information content (AvgIpc) is 2.46. The minimum Gasteiger partial charge on any atom is -0.208 e. The van der Waals surface area contributed by atoms with E-state index in [1.807, 2.05) is 6.07 Å². The van der Waals surface area contributed by atoms with Crippen LogP contribution in [-0.2, 0) is 10.0 Å². The molecule has 0 spiro atoms. The van der Waals surface area contributed by atoms with Crippen LogP contribution in [0.4, 0.5) is 0 Å². The minimum atomic E-state index is -3.58. The fourth-order valence-electron chi connectivity index (χ4n) is 1.92. The summed E-state index contributed by atoms with van der Waals surface area (Å²) >= 11 is 11.9. The number of sulfonamides is 1. The largest absolute Gasteiger partial charge is 0.234 e. The van der Waals surface area contributed by atoms with E-state index in [1.54, 1.807) is 49.4 Å². The van der Waals surface area contributed by atoms with E-state index in [0.717, 1.165) is 16.5 Å². The van der Waals surface area contributed by atoms with E-state index in [1.165, 1.54) is 6.08 Å². The van der Waals surface area contributed by atoms with Gasteiger partial charge in [-0.05, 0) is 42.3 Å². The highest BCUT2D eigenvalue weighted by Gasteiger charge is 2.14. The summed E-state index contributed by atoms with van der Waals surface area (Å²) in [5, 5.41) is 2.26. The predicted octanol–water partition coefficient (Wildman–Crippen LogP) is 4.64. The van der Waals surface area contributed by atoms with Crippen LogP contribution in [0.15, 0.2) is 53.9 Å². The molecule has 0 fully saturated rings. The summed E-state index contributed by atoms with van der Waals surface area (Å²) in [6, 6.07) is 13.6. The normalized spacial score (nSPS) is 13.4. The minimum absolute atomic E-state index is 0.423. The molecule has 22 heavy (non-hydrogen) atoms. The molecule has 1 N–H and O–H groups in total. The number of rotatable bonds is 5. The van der Waals surface area contributed by atoms with Crippen LogP contribution in [0.1, 0.15) is 24.1 Å². The molecule has 6 heteroatoms. The van der Waals surface area contributed by atoms with Crippen LogP contribution in [0.3, 0.4) is 0 Å². The summed E-state index contributed by atoms with van der Waals surface area (Å²) in [4.78, 5) is 0. The van der Waals surface area contributed by atoms with Gasteiger partial charge in [-0.2, -0.15) is 0 Å². The van der Waals surface area contributed by atoms with Crippen LogP contribution >= 0.6 is 23.2 Å². The molecular formula is C16H15Cl2NO2S. The summed E-state index contributed by atoms with van der Waals surface area (Å²) in [5.74, 6) is 0. The first-order valence-electron chi connectivity index (χ1n) is 6.58. The lowest BCUT2D eigenvalue weighted by Gasteiger charge is -2.14.